The van der Waals surface area contributed by atoms with E-state index < -0.39 is 12.5 Å². The van der Waals surface area contributed by atoms with Gasteiger partial charge in [-0.05, 0) is 36.8 Å². The van der Waals surface area contributed by atoms with Crippen LogP contribution < -0.4 is 5.32 Å². The normalized spacial score (nSPS) is 12.0. The summed E-state index contributed by atoms with van der Waals surface area (Å²) in [6.45, 7) is 1.43. The number of halogens is 1. The second-order valence-electron chi connectivity index (χ2n) is 5.53. The maximum atomic E-state index is 13.0. The van der Waals surface area contributed by atoms with Crippen molar-refractivity contribution in [2.75, 3.05) is 0 Å². The summed E-state index contributed by atoms with van der Waals surface area (Å²) in [5.41, 5.74) is 1.63. The quantitative estimate of drug-likeness (QED) is 0.747. The summed E-state index contributed by atoms with van der Waals surface area (Å²) in [5.74, 6) is -0.818. The van der Waals surface area contributed by atoms with Crippen LogP contribution in [0.15, 0.2) is 54.6 Å². The standard InChI is InChI=1S/C18H17FN4O2/c1-12(13-5-3-2-4-6-13)20-18(25)17-16(11-24)21-23(22-17)15-9-7-14(19)8-10-15/h2-10,12,24H,11H2,1H3,(H,20,25)/t12-/m0/s1. The van der Waals surface area contributed by atoms with Crippen LogP contribution in [-0.4, -0.2) is 26.0 Å². The van der Waals surface area contributed by atoms with Gasteiger partial charge < -0.3 is 10.4 Å². The summed E-state index contributed by atoms with van der Waals surface area (Å²) in [6.07, 6.45) is 0. The molecule has 128 valence electrons. The van der Waals surface area contributed by atoms with E-state index in [4.69, 9.17) is 0 Å². The molecule has 6 nitrogen and oxygen atoms in total. The third kappa shape index (κ3) is 3.72. The number of nitrogens with one attached hydrogen (secondary N) is 1. The zero-order valence-corrected chi connectivity index (χ0v) is 13.6. The number of aromatic nitrogens is 3. The minimum atomic E-state index is -0.436. The lowest BCUT2D eigenvalue weighted by molar-refractivity contribution is 0.0931. The van der Waals surface area contributed by atoms with E-state index in [0.717, 1.165) is 5.56 Å². The van der Waals surface area contributed by atoms with Crippen molar-refractivity contribution in [1.82, 2.24) is 20.3 Å². The van der Waals surface area contributed by atoms with Crippen molar-refractivity contribution < 1.29 is 14.3 Å². The highest BCUT2D eigenvalue weighted by Crippen LogP contribution is 2.14. The van der Waals surface area contributed by atoms with E-state index in [9.17, 15) is 14.3 Å². The van der Waals surface area contributed by atoms with Crippen LogP contribution in [0.3, 0.4) is 0 Å². The number of amides is 1. The summed E-state index contributed by atoms with van der Waals surface area (Å²) in [7, 11) is 0. The Morgan fingerprint density at radius 3 is 2.48 bits per heavy atom. The zero-order valence-electron chi connectivity index (χ0n) is 13.6. The molecule has 0 radical (unpaired) electrons. The number of hydrogen-bond acceptors (Lipinski definition) is 4. The molecule has 0 spiro atoms. The van der Waals surface area contributed by atoms with Crippen molar-refractivity contribution in [3.8, 4) is 5.69 Å². The molecule has 0 unspecified atom stereocenters. The molecule has 0 aliphatic carbocycles. The van der Waals surface area contributed by atoms with Gasteiger partial charge in [-0.15, -0.1) is 10.2 Å². The van der Waals surface area contributed by atoms with Gasteiger partial charge in [0.1, 0.15) is 11.5 Å². The van der Waals surface area contributed by atoms with Crippen molar-refractivity contribution in [1.29, 1.82) is 0 Å². The fourth-order valence-corrected chi connectivity index (χ4v) is 2.40. The monoisotopic (exact) mass is 340 g/mol. The van der Waals surface area contributed by atoms with Gasteiger partial charge in [0.2, 0.25) is 0 Å². The molecule has 1 atom stereocenters. The van der Waals surface area contributed by atoms with Crippen LogP contribution >= 0.6 is 0 Å². The topological polar surface area (TPSA) is 80.0 Å². The first kappa shape index (κ1) is 16.8. The molecule has 3 rings (SSSR count). The number of nitrogens with zero attached hydrogens (tertiary/aromatic N) is 3. The lowest BCUT2D eigenvalue weighted by atomic mass is 10.1. The van der Waals surface area contributed by atoms with Gasteiger partial charge in [0, 0.05) is 0 Å². The molecule has 0 fully saturated rings. The Hall–Kier alpha value is -3.06. The smallest absolute Gasteiger partial charge is 0.274 e. The Kier molecular flexibility index (Phi) is 4.85. The van der Waals surface area contributed by atoms with Crippen LogP contribution in [0, 0.1) is 5.82 Å². The van der Waals surface area contributed by atoms with E-state index in [1.54, 1.807) is 0 Å². The first-order valence-corrected chi connectivity index (χ1v) is 7.77. The van der Waals surface area contributed by atoms with Crippen molar-refractivity contribution in [3.63, 3.8) is 0 Å². The van der Waals surface area contributed by atoms with Crippen molar-refractivity contribution in [3.05, 3.63) is 77.4 Å². The third-order valence-corrected chi connectivity index (χ3v) is 3.75. The highest BCUT2D eigenvalue weighted by atomic mass is 19.1. The highest BCUT2D eigenvalue weighted by Gasteiger charge is 2.20. The van der Waals surface area contributed by atoms with Crippen LogP contribution in [0.1, 0.15) is 34.7 Å². The Bertz CT molecular complexity index is 863. The molecule has 3 aromatic rings. The van der Waals surface area contributed by atoms with E-state index in [1.807, 2.05) is 37.3 Å². The second kappa shape index (κ2) is 7.23. The summed E-state index contributed by atoms with van der Waals surface area (Å²) in [5, 5.41) is 20.5. The highest BCUT2D eigenvalue weighted by molar-refractivity contribution is 5.93. The molecule has 0 saturated carbocycles. The Morgan fingerprint density at radius 2 is 1.84 bits per heavy atom. The predicted octanol–water partition coefficient (Wildman–Crippen LogP) is 2.39. The summed E-state index contributed by atoms with van der Waals surface area (Å²) in [6, 6.07) is 14.8. The molecule has 0 aliphatic rings. The molecule has 2 aromatic carbocycles. The lowest BCUT2D eigenvalue weighted by Gasteiger charge is -2.13. The van der Waals surface area contributed by atoms with Crippen LogP contribution in [-0.2, 0) is 6.61 Å². The molecule has 7 heteroatoms. The minimum Gasteiger partial charge on any atom is -0.390 e. The van der Waals surface area contributed by atoms with Crippen molar-refractivity contribution in [2.24, 2.45) is 0 Å². The van der Waals surface area contributed by atoms with Crippen molar-refractivity contribution >= 4 is 5.91 Å². The average molecular weight is 340 g/mol. The molecule has 1 amide bonds. The van der Waals surface area contributed by atoms with E-state index in [0.29, 0.717) is 5.69 Å². The van der Waals surface area contributed by atoms with Gasteiger partial charge in [0.15, 0.2) is 5.69 Å². The number of aliphatic hydroxyl groups is 1. The number of carbonyl (C=O) groups excluding carboxylic acids is 1. The van der Waals surface area contributed by atoms with E-state index >= 15 is 0 Å². The van der Waals surface area contributed by atoms with E-state index in [2.05, 4.69) is 15.5 Å². The fraction of sp³-hybridized carbons (Fsp3) is 0.167. The maximum Gasteiger partial charge on any atom is 0.274 e. The Labute approximate surface area is 143 Å². The van der Waals surface area contributed by atoms with Gasteiger partial charge in [-0.25, -0.2) is 4.39 Å². The van der Waals surface area contributed by atoms with Gasteiger partial charge in [-0.2, -0.15) is 4.80 Å². The predicted molar refractivity (Wildman–Crippen MR) is 89.6 cm³/mol. The first-order chi connectivity index (χ1) is 12.1. The van der Waals surface area contributed by atoms with E-state index in [1.165, 1.54) is 29.1 Å². The summed E-state index contributed by atoms with van der Waals surface area (Å²) < 4.78 is 13.0. The van der Waals surface area contributed by atoms with Crippen LogP contribution in [0.25, 0.3) is 5.69 Å². The Balaban J connectivity index is 1.83. The van der Waals surface area contributed by atoms with Gasteiger partial charge in [0.05, 0.1) is 18.3 Å². The van der Waals surface area contributed by atoms with Gasteiger partial charge in [-0.3, -0.25) is 4.79 Å². The molecular formula is C18H17FN4O2. The summed E-state index contributed by atoms with van der Waals surface area (Å²) >= 11 is 0. The average Bonchev–Trinajstić information content (AvgIpc) is 3.07. The molecule has 0 saturated heterocycles. The van der Waals surface area contributed by atoms with Crippen LogP contribution in [0.2, 0.25) is 0 Å². The number of benzene rings is 2. The largest absolute Gasteiger partial charge is 0.390 e. The number of carbonyl (C=O) groups is 1. The number of rotatable bonds is 5. The first-order valence-electron chi connectivity index (χ1n) is 7.77. The van der Waals surface area contributed by atoms with Crippen LogP contribution in [0.5, 0.6) is 0 Å². The number of aliphatic hydroxyl groups excluding tert-OH is 1. The maximum absolute atomic E-state index is 13.0. The Morgan fingerprint density at radius 1 is 1.16 bits per heavy atom. The fourth-order valence-electron chi connectivity index (χ4n) is 2.40. The molecule has 1 aromatic heterocycles. The van der Waals surface area contributed by atoms with Gasteiger partial charge in [0.25, 0.3) is 5.91 Å². The SMILES string of the molecule is C[C@H](NC(=O)c1nn(-c2ccc(F)cc2)nc1CO)c1ccccc1. The second-order valence-corrected chi connectivity index (χ2v) is 5.53. The summed E-state index contributed by atoms with van der Waals surface area (Å²) in [4.78, 5) is 13.7. The zero-order chi connectivity index (χ0) is 17.8. The third-order valence-electron chi connectivity index (χ3n) is 3.75. The molecule has 25 heavy (non-hydrogen) atoms. The van der Waals surface area contributed by atoms with E-state index in [-0.39, 0.29) is 23.2 Å². The molecule has 2 N–H and O–H groups in total. The lowest BCUT2D eigenvalue weighted by Crippen LogP contribution is -2.28. The molecule has 1 heterocycles. The van der Waals surface area contributed by atoms with Crippen molar-refractivity contribution in [2.45, 2.75) is 19.6 Å². The molecule has 0 bridgehead atoms. The molecular weight excluding hydrogens is 323 g/mol. The number of hydrogen-bond donors (Lipinski definition) is 2. The minimum absolute atomic E-state index is 0.0367. The van der Waals surface area contributed by atoms with Gasteiger partial charge >= 0.3 is 0 Å². The van der Waals surface area contributed by atoms with Gasteiger partial charge in [-0.1, -0.05) is 30.3 Å². The molecule has 0 aliphatic heterocycles. The van der Waals surface area contributed by atoms with Crippen LogP contribution in [0.4, 0.5) is 4.39 Å².